The van der Waals surface area contributed by atoms with Crippen molar-refractivity contribution in [1.82, 2.24) is 10.6 Å². The number of amides is 2. The van der Waals surface area contributed by atoms with Gasteiger partial charge in [-0.2, -0.15) is 0 Å². The first-order valence-corrected chi connectivity index (χ1v) is 9.91. The molecule has 2 aromatic rings. The molecule has 0 saturated heterocycles. The highest BCUT2D eigenvalue weighted by Crippen LogP contribution is 2.23. The Hall–Kier alpha value is -2.14. The largest absolute Gasteiger partial charge is 0.350 e. The fourth-order valence-corrected chi connectivity index (χ4v) is 3.72. The van der Waals surface area contributed by atoms with Crippen LogP contribution in [0, 0.1) is 5.92 Å². The number of rotatable bonds is 8. The lowest BCUT2D eigenvalue weighted by molar-refractivity contribution is -0.123. The summed E-state index contributed by atoms with van der Waals surface area (Å²) in [4.78, 5) is 24.9. The first kappa shape index (κ1) is 20.2. The Morgan fingerprint density at radius 2 is 1.73 bits per heavy atom. The molecule has 2 atom stereocenters. The van der Waals surface area contributed by atoms with E-state index in [-0.39, 0.29) is 30.3 Å². The van der Waals surface area contributed by atoms with Crippen LogP contribution in [0.25, 0.3) is 0 Å². The zero-order valence-electron chi connectivity index (χ0n) is 15.9. The van der Waals surface area contributed by atoms with Gasteiger partial charge < -0.3 is 10.6 Å². The van der Waals surface area contributed by atoms with Gasteiger partial charge in [0.05, 0.1) is 18.5 Å². The fraction of sp³-hybridized carbons (Fsp3) is 0.429. The van der Waals surface area contributed by atoms with Crippen molar-refractivity contribution in [3.63, 3.8) is 0 Å². The highest BCUT2D eigenvalue weighted by molar-refractivity contribution is 7.10. The van der Waals surface area contributed by atoms with E-state index in [9.17, 15) is 9.59 Å². The molecule has 0 saturated carbocycles. The molecule has 0 spiro atoms. The van der Waals surface area contributed by atoms with Gasteiger partial charge in [0.2, 0.25) is 11.8 Å². The Kier molecular flexibility index (Phi) is 7.39. The molecule has 0 aliphatic carbocycles. The number of carbonyl (C=O) groups is 2. The van der Waals surface area contributed by atoms with E-state index in [2.05, 4.69) is 48.7 Å². The quantitative estimate of drug-likeness (QED) is 0.722. The van der Waals surface area contributed by atoms with Gasteiger partial charge in [0.25, 0.3) is 0 Å². The maximum Gasteiger partial charge on any atom is 0.222 e. The number of carbonyl (C=O) groups excluding carboxylic acids is 2. The van der Waals surface area contributed by atoms with Crippen LogP contribution in [0.5, 0.6) is 0 Å². The number of nitrogens with one attached hydrogen (secondary N) is 2. The Morgan fingerprint density at radius 1 is 1.04 bits per heavy atom. The Bertz CT molecular complexity index is 708. The van der Waals surface area contributed by atoms with Crippen LogP contribution in [-0.4, -0.2) is 11.8 Å². The molecule has 2 N–H and O–H groups in total. The zero-order valence-corrected chi connectivity index (χ0v) is 16.7. The first-order valence-electron chi connectivity index (χ1n) is 9.04. The summed E-state index contributed by atoms with van der Waals surface area (Å²) >= 11 is 1.54. The Morgan fingerprint density at radius 3 is 2.27 bits per heavy atom. The second-order valence-electron chi connectivity index (χ2n) is 7.10. The molecule has 5 heteroatoms. The summed E-state index contributed by atoms with van der Waals surface area (Å²) in [6.45, 7) is 7.86. The van der Waals surface area contributed by atoms with E-state index < -0.39 is 0 Å². The predicted octanol–water partition coefficient (Wildman–Crippen LogP) is 4.39. The summed E-state index contributed by atoms with van der Waals surface area (Å²) in [7, 11) is 0. The van der Waals surface area contributed by atoms with Crippen molar-refractivity contribution in [2.24, 2.45) is 5.92 Å². The SMILES string of the molecule is CC(=O)N[C@@H](CC(=O)N[C@@H](C)c1ccc(CC(C)C)cc1)c1cccs1. The van der Waals surface area contributed by atoms with Crippen LogP contribution >= 0.6 is 11.3 Å². The molecule has 2 rings (SSSR count). The van der Waals surface area contributed by atoms with Crippen molar-refractivity contribution in [1.29, 1.82) is 0 Å². The highest BCUT2D eigenvalue weighted by Gasteiger charge is 2.19. The van der Waals surface area contributed by atoms with Crippen molar-refractivity contribution in [2.45, 2.75) is 52.6 Å². The molecule has 0 fully saturated rings. The van der Waals surface area contributed by atoms with Gasteiger partial charge in [-0.15, -0.1) is 11.3 Å². The minimum atomic E-state index is -0.284. The molecule has 0 bridgehead atoms. The fourth-order valence-electron chi connectivity index (χ4n) is 2.94. The third-order valence-corrected chi connectivity index (χ3v) is 5.14. The van der Waals surface area contributed by atoms with Crippen molar-refractivity contribution in [2.75, 3.05) is 0 Å². The molecule has 1 aromatic heterocycles. The van der Waals surface area contributed by atoms with Gasteiger partial charge >= 0.3 is 0 Å². The van der Waals surface area contributed by atoms with Crippen LogP contribution in [-0.2, 0) is 16.0 Å². The summed E-state index contributed by atoms with van der Waals surface area (Å²) in [5.41, 5.74) is 2.39. The van der Waals surface area contributed by atoms with Crippen molar-refractivity contribution in [3.8, 4) is 0 Å². The lowest BCUT2D eigenvalue weighted by Gasteiger charge is -2.19. The van der Waals surface area contributed by atoms with Crippen molar-refractivity contribution in [3.05, 3.63) is 57.8 Å². The van der Waals surface area contributed by atoms with E-state index >= 15 is 0 Å². The van der Waals surface area contributed by atoms with E-state index in [0.717, 1.165) is 16.9 Å². The minimum Gasteiger partial charge on any atom is -0.350 e. The summed E-state index contributed by atoms with van der Waals surface area (Å²) in [6.07, 6.45) is 1.29. The van der Waals surface area contributed by atoms with Crippen LogP contribution in [0.1, 0.15) is 62.2 Å². The zero-order chi connectivity index (χ0) is 19.1. The highest BCUT2D eigenvalue weighted by atomic mass is 32.1. The predicted molar refractivity (Wildman–Crippen MR) is 107 cm³/mol. The average molecular weight is 373 g/mol. The van der Waals surface area contributed by atoms with Gasteiger partial charge in [0, 0.05) is 11.8 Å². The van der Waals surface area contributed by atoms with Crippen LogP contribution in [0.4, 0.5) is 0 Å². The second-order valence-corrected chi connectivity index (χ2v) is 8.08. The van der Waals surface area contributed by atoms with Gasteiger partial charge in [-0.1, -0.05) is 44.2 Å². The summed E-state index contributed by atoms with van der Waals surface area (Å²) in [6, 6.07) is 11.9. The van der Waals surface area contributed by atoms with Crippen LogP contribution in [0.2, 0.25) is 0 Å². The maximum absolute atomic E-state index is 12.5. The summed E-state index contributed by atoms with van der Waals surface area (Å²) in [5.74, 6) is 0.418. The normalized spacial score (nSPS) is 13.3. The molecule has 1 aromatic carbocycles. The molecule has 4 nitrogen and oxygen atoms in total. The van der Waals surface area contributed by atoms with Gasteiger partial charge in [-0.3, -0.25) is 9.59 Å². The Labute approximate surface area is 160 Å². The van der Waals surface area contributed by atoms with Crippen LogP contribution in [0.15, 0.2) is 41.8 Å². The van der Waals surface area contributed by atoms with E-state index in [4.69, 9.17) is 0 Å². The average Bonchev–Trinajstić information content (AvgIpc) is 3.08. The number of benzene rings is 1. The number of hydrogen-bond donors (Lipinski definition) is 2. The molecule has 0 aliphatic rings. The molecule has 26 heavy (non-hydrogen) atoms. The first-order chi connectivity index (χ1) is 12.3. The Balaban J connectivity index is 1.95. The van der Waals surface area contributed by atoms with E-state index in [1.807, 2.05) is 24.4 Å². The van der Waals surface area contributed by atoms with Gasteiger partial charge in [-0.05, 0) is 41.8 Å². The molecule has 0 aliphatic heterocycles. The van der Waals surface area contributed by atoms with Crippen LogP contribution < -0.4 is 10.6 Å². The van der Waals surface area contributed by atoms with Gasteiger partial charge in [0.15, 0.2) is 0 Å². The molecule has 0 radical (unpaired) electrons. The standard InChI is InChI=1S/C21H28N2O2S/c1-14(2)12-17-7-9-18(10-8-17)15(3)22-21(25)13-19(23-16(4)24)20-6-5-11-26-20/h5-11,14-15,19H,12-13H2,1-4H3,(H,22,25)(H,23,24)/t15-,19-/m0/s1. The molecule has 1 heterocycles. The second kappa shape index (κ2) is 9.53. The van der Waals surface area contributed by atoms with E-state index in [0.29, 0.717) is 5.92 Å². The number of thiophene rings is 1. The molecule has 2 amide bonds. The third-order valence-electron chi connectivity index (χ3n) is 4.15. The third kappa shape index (κ3) is 6.30. The summed E-state index contributed by atoms with van der Waals surface area (Å²) in [5, 5.41) is 7.85. The lowest BCUT2D eigenvalue weighted by Crippen LogP contribution is -2.33. The van der Waals surface area contributed by atoms with Crippen molar-refractivity contribution >= 4 is 23.2 Å². The van der Waals surface area contributed by atoms with E-state index in [1.54, 1.807) is 11.3 Å². The molecule has 0 unspecified atom stereocenters. The van der Waals surface area contributed by atoms with Gasteiger partial charge in [0.1, 0.15) is 0 Å². The van der Waals surface area contributed by atoms with Crippen molar-refractivity contribution < 1.29 is 9.59 Å². The number of hydrogen-bond acceptors (Lipinski definition) is 3. The topological polar surface area (TPSA) is 58.2 Å². The molecular formula is C21H28N2O2S. The minimum absolute atomic E-state index is 0.0723. The lowest BCUT2D eigenvalue weighted by atomic mass is 10.00. The smallest absolute Gasteiger partial charge is 0.222 e. The van der Waals surface area contributed by atoms with Gasteiger partial charge in [-0.25, -0.2) is 0 Å². The maximum atomic E-state index is 12.5. The molecule has 140 valence electrons. The van der Waals surface area contributed by atoms with Crippen LogP contribution in [0.3, 0.4) is 0 Å². The molecular weight excluding hydrogens is 344 g/mol. The van der Waals surface area contributed by atoms with E-state index in [1.165, 1.54) is 12.5 Å². The summed E-state index contributed by atoms with van der Waals surface area (Å²) < 4.78 is 0. The monoisotopic (exact) mass is 372 g/mol.